The summed E-state index contributed by atoms with van der Waals surface area (Å²) in [5, 5.41) is 12.0. The Morgan fingerprint density at radius 3 is 2.57 bits per heavy atom. The van der Waals surface area contributed by atoms with Crippen LogP contribution >= 0.6 is 46.9 Å². The van der Waals surface area contributed by atoms with Crippen molar-refractivity contribution in [2.45, 2.75) is 12.8 Å². The van der Waals surface area contributed by atoms with Crippen LogP contribution in [0.15, 0.2) is 40.7 Å². The van der Waals surface area contributed by atoms with Gasteiger partial charge in [0.05, 0.1) is 12.0 Å². The molecule has 0 aliphatic heterocycles. The van der Waals surface area contributed by atoms with Crippen LogP contribution in [-0.4, -0.2) is 45.7 Å². The molecule has 6 nitrogen and oxygen atoms in total. The molecule has 0 spiro atoms. The van der Waals surface area contributed by atoms with Crippen molar-refractivity contribution in [1.29, 1.82) is 0 Å². The van der Waals surface area contributed by atoms with Crippen LogP contribution in [0.1, 0.15) is 21.7 Å². The van der Waals surface area contributed by atoms with E-state index in [9.17, 15) is 4.79 Å². The van der Waals surface area contributed by atoms with Crippen molar-refractivity contribution >= 4 is 58.8 Å². The molecule has 0 atom stereocenters. The van der Waals surface area contributed by atoms with Gasteiger partial charge in [0.25, 0.3) is 5.91 Å². The van der Waals surface area contributed by atoms with Gasteiger partial charge in [0.2, 0.25) is 0 Å². The molecule has 0 saturated heterocycles. The number of thiophene rings is 1. The molecular formula is C19H26ClIN4O2S. The van der Waals surface area contributed by atoms with E-state index < -0.39 is 0 Å². The average molecular weight is 537 g/mol. The van der Waals surface area contributed by atoms with Crippen molar-refractivity contribution in [3.63, 3.8) is 0 Å². The molecule has 0 saturated carbocycles. The number of benzene rings is 1. The Bertz CT molecular complexity index is 756. The molecule has 1 aromatic heterocycles. The number of hydrogen-bond acceptors (Lipinski definition) is 4. The van der Waals surface area contributed by atoms with Crippen molar-refractivity contribution in [2.24, 2.45) is 4.99 Å². The predicted octanol–water partition coefficient (Wildman–Crippen LogP) is 3.56. The van der Waals surface area contributed by atoms with Crippen LogP contribution in [0, 0.1) is 0 Å². The summed E-state index contributed by atoms with van der Waals surface area (Å²) < 4.78 is 5.16. The lowest BCUT2D eigenvalue weighted by Gasteiger charge is -2.13. The number of methoxy groups -OCH3 is 1. The third-order valence-corrected chi connectivity index (χ3v) is 5.07. The van der Waals surface area contributed by atoms with E-state index in [1.165, 1.54) is 11.3 Å². The largest absolute Gasteiger partial charge is 0.497 e. The van der Waals surface area contributed by atoms with Gasteiger partial charge in [-0.3, -0.25) is 9.79 Å². The predicted molar refractivity (Wildman–Crippen MR) is 128 cm³/mol. The lowest BCUT2D eigenvalue weighted by Crippen LogP contribution is -2.39. The highest BCUT2D eigenvalue weighted by Gasteiger charge is 2.05. The summed E-state index contributed by atoms with van der Waals surface area (Å²) in [4.78, 5) is 16.8. The van der Waals surface area contributed by atoms with Crippen LogP contribution in [0.4, 0.5) is 0 Å². The minimum Gasteiger partial charge on any atom is -0.497 e. The SMILES string of the molecule is CN=C(NCCCNC(=O)c1cccs1)NCCc1ccc(OC)cc1Cl.I. The Morgan fingerprint density at radius 1 is 1.18 bits per heavy atom. The second kappa shape index (κ2) is 13.6. The standard InChI is InChI=1S/C19H25ClN4O2S.HI/c1-21-19(23-10-4-9-22-18(25)17-5-3-12-27-17)24-11-8-14-6-7-15(26-2)13-16(14)20;/h3,5-7,12-13H,4,8-11H2,1-2H3,(H,22,25)(H2,21,23,24);1H. The summed E-state index contributed by atoms with van der Waals surface area (Å²) in [5.74, 6) is 1.45. The third kappa shape index (κ3) is 8.24. The van der Waals surface area contributed by atoms with E-state index >= 15 is 0 Å². The first-order valence-electron chi connectivity index (χ1n) is 8.72. The number of nitrogens with one attached hydrogen (secondary N) is 3. The molecule has 154 valence electrons. The number of nitrogens with zero attached hydrogens (tertiary/aromatic N) is 1. The fourth-order valence-electron chi connectivity index (χ4n) is 2.39. The van der Waals surface area contributed by atoms with Gasteiger partial charge in [-0.05, 0) is 42.0 Å². The van der Waals surface area contributed by atoms with Gasteiger partial charge >= 0.3 is 0 Å². The number of aliphatic imine (C=N–C) groups is 1. The molecule has 9 heteroatoms. The molecule has 0 bridgehead atoms. The van der Waals surface area contributed by atoms with Gasteiger partial charge in [0.15, 0.2) is 5.96 Å². The van der Waals surface area contributed by atoms with Gasteiger partial charge < -0.3 is 20.7 Å². The van der Waals surface area contributed by atoms with E-state index in [0.29, 0.717) is 24.7 Å². The Kier molecular flexibility index (Phi) is 11.9. The maximum atomic E-state index is 11.8. The minimum absolute atomic E-state index is 0. The highest BCUT2D eigenvalue weighted by molar-refractivity contribution is 14.0. The molecule has 1 amide bonds. The van der Waals surface area contributed by atoms with E-state index in [-0.39, 0.29) is 29.9 Å². The summed E-state index contributed by atoms with van der Waals surface area (Å²) in [6.45, 7) is 2.04. The van der Waals surface area contributed by atoms with E-state index in [1.807, 2.05) is 35.7 Å². The highest BCUT2D eigenvalue weighted by Crippen LogP contribution is 2.22. The van der Waals surface area contributed by atoms with Crippen LogP contribution in [0.5, 0.6) is 5.75 Å². The van der Waals surface area contributed by atoms with Crippen molar-refractivity contribution < 1.29 is 9.53 Å². The third-order valence-electron chi connectivity index (χ3n) is 3.85. The van der Waals surface area contributed by atoms with Gasteiger partial charge in [-0.25, -0.2) is 0 Å². The van der Waals surface area contributed by atoms with Crippen LogP contribution in [0.2, 0.25) is 5.02 Å². The molecule has 28 heavy (non-hydrogen) atoms. The zero-order valence-electron chi connectivity index (χ0n) is 16.0. The quantitative estimate of drug-likeness (QED) is 0.198. The first kappa shape index (κ1) is 24.5. The number of amides is 1. The fourth-order valence-corrected chi connectivity index (χ4v) is 3.29. The summed E-state index contributed by atoms with van der Waals surface area (Å²) in [5.41, 5.74) is 1.05. The summed E-state index contributed by atoms with van der Waals surface area (Å²) in [6.07, 6.45) is 1.59. The fraction of sp³-hybridized carbons (Fsp3) is 0.368. The van der Waals surface area contributed by atoms with E-state index in [0.717, 1.165) is 35.0 Å². The average Bonchev–Trinajstić information content (AvgIpc) is 3.22. The summed E-state index contributed by atoms with van der Waals surface area (Å²) >= 11 is 7.69. The first-order chi connectivity index (χ1) is 13.1. The number of carbonyl (C=O) groups excluding carboxylic acids is 1. The molecule has 0 radical (unpaired) electrons. The molecule has 0 aliphatic rings. The zero-order chi connectivity index (χ0) is 19.5. The molecule has 2 aromatic rings. The highest BCUT2D eigenvalue weighted by atomic mass is 127. The van der Waals surface area contributed by atoms with Gasteiger partial charge in [0, 0.05) is 31.7 Å². The van der Waals surface area contributed by atoms with Crippen molar-refractivity contribution in [1.82, 2.24) is 16.0 Å². The van der Waals surface area contributed by atoms with Crippen LogP contribution in [0.3, 0.4) is 0 Å². The topological polar surface area (TPSA) is 74.8 Å². The van der Waals surface area contributed by atoms with E-state index in [1.54, 1.807) is 14.2 Å². The molecule has 0 fully saturated rings. The van der Waals surface area contributed by atoms with E-state index in [2.05, 4.69) is 20.9 Å². The second-order valence-electron chi connectivity index (χ2n) is 5.72. The van der Waals surface area contributed by atoms with E-state index in [4.69, 9.17) is 16.3 Å². The molecular weight excluding hydrogens is 511 g/mol. The lowest BCUT2D eigenvalue weighted by atomic mass is 10.1. The molecule has 2 rings (SSSR count). The number of hydrogen-bond donors (Lipinski definition) is 3. The van der Waals surface area contributed by atoms with Gasteiger partial charge in [-0.2, -0.15) is 0 Å². The van der Waals surface area contributed by atoms with Gasteiger partial charge in [-0.1, -0.05) is 23.7 Å². The summed E-state index contributed by atoms with van der Waals surface area (Å²) in [7, 11) is 3.35. The second-order valence-corrected chi connectivity index (χ2v) is 7.07. The number of rotatable bonds is 9. The number of halogens is 2. The zero-order valence-corrected chi connectivity index (χ0v) is 19.9. The van der Waals surface area contributed by atoms with Crippen molar-refractivity contribution in [3.05, 3.63) is 51.2 Å². The molecule has 1 heterocycles. The van der Waals surface area contributed by atoms with Crippen LogP contribution in [0.25, 0.3) is 0 Å². The number of guanidine groups is 1. The summed E-state index contributed by atoms with van der Waals surface area (Å²) in [6, 6.07) is 9.37. The lowest BCUT2D eigenvalue weighted by molar-refractivity contribution is 0.0957. The smallest absolute Gasteiger partial charge is 0.261 e. The molecule has 3 N–H and O–H groups in total. The molecule has 0 unspecified atom stereocenters. The Morgan fingerprint density at radius 2 is 1.93 bits per heavy atom. The van der Waals surface area contributed by atoms with Gasteiger partial charge in [0.1, 0.15) is 5.75 Å². The maximum absolute atomic E-state index is 11.8. The maximum Gasteiger partial charge on any atom is 0.261 e. The molecule has 1 aromatic carbocycles. The first-order valence-corrected chi connectivity index (χ1v) is 9.98. The minimum atomic E-state index is -0.0242. The number of carbonyl (C=O) groups is 1. The molecule has 0 aliphatic carbocycles. The Hall–Kier alpha value is -1.52. The number of ether oxygens (including phenoxy) is 1. The van der Waals surface area contributed by atoms with Crippen LogP contribution in [-0.2, 0) is 6.42 Å². The van der Waals surface area contributed by atoms with Crippen molar-refractivity contribution in [2.75, 3.05) is 33.8 Å². The van der Waals surface area contributed by atoms with Crippen molar-refractivity contribution in [3.8, 4) is 5.75 Å². The monoisotopic (exact) mass is 536 g/mol. The van der Waals surface area contributed by atoms with Crippen LogP contribution < -0.4 is 20.7 Å². The normalized spacial score (nSPS) is 10.8. The van der Waals surface area contributed by atoms with Gasteiger partial charge in [-0.15, -0.1) is 35.3 Å². The Balaban J connectivity index is 0.00000392. The Labute approximate surface area is 192 Å².